The highest BCUT2D eigenvalue weighted by atomic mass is 19.1. The molecule has 0 amide bonds. The lowest BCUT2D eigenvalue weighted by Crippen LogP contribution is -2.44. The summed E-state index contributed by atoms with van der Waals surface area (Å²) in [6.45, 7) is 6.39. The van der Waals surface area contributed by atoms with Crippen molar-refractivity contribution in [1.82, 2.24) is 14.9 Å². The Kier molecular flexibility index (Phi) is 4.82. The number of carboxylic acid groups (broad SMARTS) is 1. The van der Waals surface area contributed by atoms with Crippen LogP contribution in [0.2, 0.25) is 0 Å². The van der Waals surface area contributed by atoms with Crippen LogP contribution in [-0.4, -0.2) is 46.8 Å². The summed E-state index contributed by atoms with van der Waals surface area (Å²) in [5, 5.41) is 13.1. The number of hydrogen-bond donors (Lipinski definition) is 2. The average molecular weight is 388 g/mol. The van der Waals surface area contributed by atoms with E-state index in [1.54, 1.807) is 6.92 Å². The number of nitrogens with one attached hydrogen (secondary N) is 1. The molecule has 2 aromatic rings. The lowest BCUT2D eigenvalue weighted by Gasteiger charge is -2.30. The molecule has 2 aliphatic rings. The fourth-order valence-electron chi connectivity index (χ4n) is 4.21. The first-order valence-electron chi connectivity index (χ1n) is 9.97. The molecule has 0 atom stereocenters. The Morgan fingerprint density at radius 2 is 1.93 bits per heavy atom. The number of aryl methyl sites for hydroxylation is 1. The number of carbonyl (C=O) groups is 1. The highest BCUT2D eigenvalue weighted by molar-refractivity contribution is 5.95. The number of fused-ring (bicyclic) bond motifs is 1. The van der Waals surface area contributed by atoms with Gasteiger partial charge in [-0.2, -0.15) is 0 Å². The second kappa shape index (κ2) is 7.16. The molecule has 4 rings (SSSR count). The fraction of sp³-hybridized carbons (Fsp3) is 0.550. The predicted octanol–water partition coefficient (Wildman–Crippen LogP) is 2.10. The zero-order valence-electron chi connectivity index (χ0n) is 16.2. The van der Waals surface area contributed by atoms with Crippen molar-refractivity contribution in [3.05, 3.63) is 32.9 Å². The highest BCUT2D eigenvalue weighted by Crippen LogP contribution is 2.40. The molecule has 0 unspecified atom stereocenters. The molecule has 2 aromatic heterocycles. The van der Waals surface area contributed by atoms with E-state index >= 15 is 4.39 Å². The minimum Gasteiger partial charge on any atom is -0.477 e. The quantitative estimate of drug-likeness (QED) is 0.816. The molecule has 8 heteroatoms. The topological polar surface area (TPSA) is 87.5 Å². The number of halogens is 1. The van der Waals surface area contributed by atoms with Crippen molar-refractivity contribution in [3.8, 4) is 0 Å². The van der Waals surface area contributed by atoms with Gasteiger partial charge in [0.25, 0.3) is 0 Å². The van der Waals surface area contributed by atoms with Crippen molar-refractivity contribution in [1.29, 1.82) is 0 Å². The van der Waals surface area contributed by atoms with E-state index < -0.39 is 17.2 Å². The lowest BCUT2D eigenvalue weighted by molar-refractivity contribution is 0.0693. The highest BCUT2D eigenvalue weighted by Gasteiger charge is 2.33. The Bertz CT molecular complexity index is 1010. The summed E-state index contributed by atoms with van der Waals surface area (Å²) in [4.78, 5) is 31.6. The monoisotopic (exact) mass is 388 g/mol. The van der Waals surface area contributed by atoms with Crippen molar-refractivity contribution in [2.45, 2.75) is 45.6 Å². The predicted molar refractivity (Wildman–Crippen MR) is 105 cm³/mol. The van der Waals surface area contributed by atoms with Gasteiger partial charge in [-0.25, -0.2) is 14.2 Å². The van der Waals surface area contributed by atoms with Crippen molar-refractivity contribution >= 4 is 22.8 Å². The third kappa shape index (κ3) is 2.87. The maximum Gasteiger partial charge on any atom is 0.341 e. The standard InChI is InChI=1S/C20H25FN4O3/c1-3-12-14-17(26)15(20(27)28)13(4-2)25(11-5-6-11)18(14)23-19(16(12)21)24-9-7-22-8-10-24/h11,22H,3-10H2,1-2H3,(H,27,28). The molecule has 7 nitrogen and oxygen atoms in total. The molecule has 28 heavy (non-hydrogen) atoms. The van der Waals surface area contributed by atoms with Gasteiger partial charge in [0, 0.05) is 43.5 Å². The number of aromatic carboxylic acids is 1. The fourth-order valence-corrected chi connectivity index (χ4v) is 4.21. The Morgan fingerprint density at radius 3 is 2.46 bits per heavy atom. The van der Waals surface area contributed by atoms with Crippen LogP contribution in [0.15, 0.2) is 4.79 Å². The second-order valence-corrected chi connectivity index (χ2v) is 7.43. The molecule has 0 radical (unpaired) electrons. The van der Waals surface area contributed by atoms with E-state index in [1.807, 2.05) is 16.4 Å². The van der Waals surface area contributed by atoms with Gasteiger partial charge in [0.05, 0.1) is 5.39 Å². The van der Waals surface area contributed by atoms with Crippen LogP contribution in [0.4, 0.5) is 10.2 Å². The first kappa shape index (κ1) is 18.9. The Hall–Kier alpha value is -2.48. The molecule has 3 heterocycles. The summed E-state index contributed by atoms with van der Waals surface area (Å²) in [6, 6.07) is 0.120. The Morgan fingerprint density at radius 1 is 1.25 bits per heavy atom. The minimum atomic E-state index is -1.26. The number of hydrogen-bond acceptors (Lipinski definition) is 5. The SMILES string of the molecule is CCc1c(F)c(N2CCNCC2)nc2c1c(=O)c(C(=O)O)c(CC)n2C1CC1. The summed E-state index contributed by atoms with van der Waals surface area (Å²) in [5.41, 5.74) is 0.322. The van der Waals surface area contributed by atoms with Gasteiger partial charge in [-0.1, -0.05) is 13.8 Å². The summed E-state index contributed by atoms with van der Waals surface area (Å²) in [5.74, 6) is -1.49. The van der Waals surface area contributed by atoms with Gasteiger partial charge in [0.15, 0.2) is 11.6 Å². The smallest absolute Gasteiger partial charge is 0.341 e. The largest absolute Gasteiger partial charge is 0.477 e. The average Bonchev–Trinajstić information content (AvgIpc) is 3.52. The van der Waals surface area contributed by atoms with Crippen LogP contribution >= 0.6 is 0 Å². The van der Waals surface area contributed by atoms with Crippen molar-refractivity contribution in [2.24, 2.45) is 0 Å². The number of pyridine rings is 2. The Balaban J connectivity index is 2.12. The van der Waals surface area contributed by atoms with Gasteiger partial charge in [0.1, 0.15) is 11.2 Å². The van der Waals surface area contributed by atoms with E-state index in [1.165, 1.54) is 0 Å². The van der Waals surface area contributed by atoms with E-state index in [2.05, 4.69) is 10.3 Å². The molecule has 1 aliphatic heterocycles. The number of carboxylic acids is 1. The third-order valence-electron chi connectivity index (χ3n) is 5.69. The molecule has 1 saturated heterocycles. The van der Waals surface area contributed by atoms with Crippen LogP contribution in [0.3, 0.4) is 0 Å². The first-order valence-corrected chi connectivity index (χ1v) is 9.97. The van der Waals surface area contributed by atoms with E-state index in [0.717, 1.165) is 25.9 Å². The zero-order valence-corrected chi connectivity index (χ0v) is 16.2. The normalized spacial score (nSPS) is 17.3. The van der Waals surface area contributed by atoms with Crippen LogP contribution in [0.1, 0.15) is 54.3 Å². The molecule has 1 aliphatic carbocycles. The van der Waals surface area contributed by atoms with Gasteiger partial charge < -0.3 is 19.9 Å². The molecular formula is C20H25FN4O3. The zero-order chi connectivity index (χ0) is 20.0. The summed E-state index contributed by atoms with van der Waals surface area (Å²) in [6.07, 6.45) is 2.53. The van der Waals surface area contributed by atoms with Crippen LogP contribution in [0.25, 0.3) is 11.0 Å². The lowest BCUT2D eigenvalue weighted by atomic mass is 10.0. The first-order chi connectivity index (χ1) is 13.5. The number of anilines is 1. The van der Waals surface area contributed by atoms with E-state index in [9.17, 15) is 14.7 Å². The van der Waals surface area contributed by atoms with Gasteiger partial charge in [-0.05, 0) is 25.7 Å². The number of piperazine rings is 1. The van der Waals surface area contributed by atoms with Crippen molar-refractivity contribution in [2.75, 3.05) is 31.1 Å². The molecule has 150 valence electrons. The minimum absolute atomic E-state index is 0.120. The van der Waals surface area contributed by atoms with Gasteiger partial charge in [-0.3, -0.25) is 4.79 Å². The number of aromatic nitrogens is 2. The Labute approximate surface area is 162 Å². The maximum atomic E-state index is 15.4. The molecular weight excluding hydrogens is 363 g/mol. The molecule has 2 fully saturated rings. The van der Waals surface area contributed by atoms with Crippen LogP contribution in [0.5, 0.6) is 0 Å². The van der Waals surface area contributed by atoms with E-state index in [-0.39, 0.29) is 28.4 Å². The second-order valence-electron chi connectivity index (χ2n) is 7.43. The van der Waals surface area contributed by atoms with Crippen molar-refractivity contribution in [3.63, 3.8) is 0 Å². The van der Waals surface area contributed by atoms with E-state index in [0.29, 0.717) is 37.3 Å². The van der Waals surface area contributed by atoms with E-state index in [4.69, 9.17) is 0 Å². The molecule has 0 aromatic carbocycles. The maximum absolute atomic E-state index is 15.4. The summed E-state index contributed by atoms with van der Waals surface area (Å²) < 4.78 is 17.3. The number of nitrogens with zero attached hydrogens (tertiary/aromatic N) is 3. The van der Waals surface area contributed by atoms with Crippen LogP contribution in [0, 0.1) is 5.82 Å². The van der Waals surface area contributed by atoms with Crippen molar-refractivity contribution < 1.29 is 14.3 Å². The van der Waals surface area contributed by atoms with Crippen LogP contribution in [-0.2, 0) is 12.8 Å². The van der Waals surface area contributed by atoms with Gasteiger partial charge in [0.2, 0.25) is 5.43 Å². The summed E-state index contributed by atoms with van der Waals surface area (Å²) >= 11 is 0. The number of rotatable bonds is 5. The molecule has 0 spiro atoms. The molecule has 1 saturated carbocycles. The molecule has 2 N–H and O–H groups in total. The van der Waals surface area contributed by atoms with Gasteiger partial charge >= 0.3 is 5.97 Å². The van der Waals surface area contributed by atoms with Gasteiger partial charge in [-0.15, -0.1) is 0 Å². The summed E-state index contributed by atoms with van der Waals surface area (Å²) in [7, 11) is 0. The van der Waals surface area contributed by atoms with Crippen LogP contribution < -0.4 is 15.6 Å². The molecule has 0 bridgehead atoms. The third-order valence-corrected chi connectivity index (χ3v) is 5.69.